The maximum absolute atomic E-state index is 11.8. The highest BCUT2D eigenvalue weighted by Gasteiger charge is 2.36. The molecule has 0 radical (unpaired) electrons. The van der Waals surface area contributed by atoms with Gasteiger partial charge in [0.05, 0.1) is 20.6 Å². The molecule has 0 aromatic heterocycles. The first-order chi connectivity index (χ1) is 5.90. The number of esters is 1. The second-order valence-electron chi connectivity index (χ2n) is 2.22. The minimum Gasteiger partial charge on any atom is -0.468 e. The van der Waals surface area contributed by atoms with Gasteiger partial charge >= 0.3 is 12.1 Å². The van der Waals surface area contributed by atoms with Gasteiger partial charge in [-0.1, -0.05) is 0 Å². The fourth-order valence-electron chi connectivity index (χ4n) is 0.689. The molecule has 0 aliphatic carbocycles. The van der Waals surface area contributed by atoms with Crippen LogP contribution in [0.2, 0.25) is 0 Å². The van der Waals surface area contributed by atoms with Crippen LogP contribution in [0.4, 0.5) is 13.2 Å². The number of methoxy groups -OCH3 is 1. The number of hydroxylamine groups is 1. The topological polar surface area (TPSA) is 47.6 Å². The van der Waals surface area contributed by atoms with Crippen molar-refractivity contribution >= 4 is 5.97 Å². The molecule has 0 aromatic carbocycles. The van der Waals surface area contributed by atoms with Gasteiger partial charge in [-0.3, -0.25) is 4.79 Å². The number of nitrogens with one attached hydrogen (secondary N) is 1. The molecule has 1 N–H and O–H groups in total. The smallest absolute Gasteiger partial charge is 0.391 e. The largest absolute Gasteiger partial charge is 0.468 e. The summed E-state index contributed by atoms with van der Waals surface area (Å²) in [4.78, 5) is 14.9. The summed E-state index contributed by atoms with van der Waals surface area (Å²) >= 11 is 0. The number of rotatable bonds is 4. The molecule has 0 heterocycles. The third-order valence-electron chi connectivity index (χ3n) is 1.18. The number of ether oxygens (including phenoxy) is 1. The van der Waals surface area contributed by atoms with Crippen molar-refractivity contribution in [2.24, 2.45) is 0 Å². The molecule has 0 rings (SSSR count). The first kappa shape index (κ1) is 12.2. The Morgan fingerprint density at radius 1 is 1.46 bits per heavy atom. The van der Waals surface area contributed by atoms with Gasteiger partial charge in [0.25, 0.3) is 0 Å². The second-order valence-corrected chi connectivity index (χ2v) is 2.22. The number of hydrogen-bond donors (Lipinski definition) is 1. The van der Waals surface area contributed by atoms with E-state index in [1.807, 2.05) is 5.48 Å². The van der Waals surface area contributed by atoms with E-state index in [4.69, 9.17) is 0 Å². The summed E-state index contributed by atoms with van der Waals surface area (Å²) in [6, 6.07) is -1.52. The molecule has 13 heavy (non-hydrogen) atoms. The molecule has 0 aliphatic heterocycles. The zero-order valence-electron chi connectivity index (χ0n) is 7.14. The van der Waals surface area contributed by atoms with Crippen molar-refractivity contribution in [2.75, 3.05) is 14.2 Å². The van der Waals surface area contributed by atoms with E-state index in [-0.39, 0.29) is 0 Å². The van der Waals surface area contributed by atoms with E-state index >= 15 is 0 Å². The Morgan fingerprint density at radius 2 is 2.00 bits per heavy atom. The Kier molecular flexibility index (Phi) is 4.71. The first-order valence-corrected chi connectivity index (χ1v) is 3.33. The lowest BCUT2D eigenvalue weighted by atomic mass is 10.2. The summed E-state index contributed by atoms with van der Waals surface area (Å²) in [5, 5.41) is 0. The lowest BCUT2D eigenvalue weighted by Gasteiger charge is -2.16. The van der Waals surface area contributed by atoms with Crippen molar-refractivity contribution < 1.29 is 27.5 Å². The maximum Gasteiger partial charge on any atom is 0.391 e. The summed E-state index contributed by atoms with van der Waals surface area (Å²) in [5.74, 6) is -1.01. The van der Waals surface area contributed by atoms with E-state index < -0.39 is 24.6 Å². The minimum atomic E-state index is -4.44. The predicted octanol–water partition coefficient (Wildman–Crippen LogP) is 0.631. The van der Waals surface area contributed by atoms with Gasteiger partial charge < -0.3 is 9.57 Å². The zero-order valence-corrected chi connectivity index (χ0v) is 7.14. The molecule has 0 aromatic rings. The number of alkyl halides is 3. The zero-order chi connectivity index (χ0) is 10.5. The van der Waals surface area contributed by atoms with Crippen molar-refractivity contribution in [2.45, 2.75) is 18.6 Å². The van der Waals surface area contributed by atoms with Crippen LogP contribution in [0.3, 0.4) is 0 Å². The molecule has 0 amide bonds. The van der Waals surface area contributed by atoms with Gasteiger partial charge in [-0.25, -0.2) is 0 Å². The molecule has 0 aliphatic rings. The predicted molar refractivity (Wildman–Crippen MR) is 36.6 cm³/mol. The van der Waals surface area contributed by atoms with Crippen LogP contribution < -0.4 is 5.48 Å². The van der Waals surface area contributed by atoms with E-state index in [0.717, 1.165) is 14.2 Å². The highest BCUT2D eigenvalue weighted by Crippen LogP contribution is 2.21. The first-order valence-electron chi connectivity index (χ1n) is 3.33. The van der Waals surface area contributed by atoms with Gasteiger partial charge in [0.1, 0.15) is 6.04 Å². The molecule has 0 saturated carbocycles. The van der Waals surface area contributed by atoms with Crippen molar-refractivity contribution in [3.05, 3.63) is 0 Å². The van der Waals surface area contributed by atoms with E-state index in [9.17, 15) is 18.0 Å². The van der Waals surface area contributed by atoms with Crippen molar-refractivity contribution in [1.82, 2.24) is 5.48 Å². The van der Waals surface area contributed by atoms with E-state index in [1.165, 1.54) is 0 Å². The number of carbonyl (C=O) groups excluding carboxylic acids is 1. The summed E-state index contributed by atoms with van der Waals surface area (Å²) in [5.41, 5.74) is 1.90. The summed E-state index contributed by atoms with van der Waals surface area (Å²) in [6.45, 7) is 0. The van der Waals surface area contributed by atoms with Crippen LogP contribution >= 0.6 is 0 Å². The molecular weight excluding hydrogens is 191 g/mol. The van der Waals surface area contributed by atoms with E-state index in [2.05, 4.69) is 9.57 Å². The second kappa shape index (κ2) is 5.03. The minimum absolute atomic E-state index is 1.00. The fourth-order valence-corrected chi connectivity index (χ4v) is 0.689. The van der Waals surface area contributed by atoms with Gasteiger partial charge in [0, 0.05) is 0 Å². The number of halogens is 3. The van der Waals surface area contributed by atoms with Gasteiger partial charge in [-0.15, -0.1) is 0 Å². The third kappa shape index (κ3) is 5.42. The van der Waals surface area contributed by atoms with Gasteiger partial charge in [-0.05, 0) is 0 Å². The highest BCUT2D eigenvalue weighted by molar-refractivity contribution is 5.75. The van der Waals surface area contributed by atoms with E-state index in [0.29, 0.717) is 0 Å². The normalized spacial score (nSPS) is 13.9. The van der Waals surface area contributed by atoms with Crippen LogP contribution in [-0.4, -0.2) is 32.4 Å². The summed E-state index contributed by atoms with van der Waals surface area (Å²) in [6.07, 6.45) is -5.77. The van der Waals surface area contributed by atoms with Gasteiger partial charge in [0.2, 0.25) is 0 Å². The van der Waals surface area contributed by atoms with Gasteiger partial charge in [-0.2, -0.15) is 18.7 Å². The van der Waals surface area contributed by atoms with E-state index in [1.54, 1.807) is 0 Å². The highest BCUT2D eigenvalue weighted by atomic mass is 19.4. The van der Waals surface area contributed by atoms with Crippen molar-refractivity contribution in [1.29, 1.82) is 0 Å². The van der Waals surface area contributed by atoms with Crippen LogP contribution in [0.5, 0.6) is 0 Å². The van der Waals surface area contributed by atoms with Crippen LogP contribution in [0, 0.1) is 0 Å². The molecule has 1 unspecified atom stereocenters. The SMILES string of the molecule is CONC(CC(F)(F)F)C(=O)OC. The molecule has 0 fully saturated rings. The molecule has 78 valence electrons. The maximum atomic E-state index is 11.8. The summed E-state index contributed by atoms with van der Waals surface area (Å²) < 4.78 is 39.6. The van der Waals surface area contributed by atoms with Crippen LogP contribution in [0.1, 0.15) is 6.42 Å². The Hall–Kier alpha value is -0.820. The van der Waals surface area contributed by atoms with Crippen LogP contribution in [0.25, 0.3) is 0 Å². The summed E-state index contributed by atoms with van der Waals surface area (Å²) in [7, 11) is 2.12. The van der Waals surface area contributed by atoms with Crippen molar-refractivity contribution in [3.8, 4) is 0 Å². The van der Waals surface area contributed by atoms with Crippen LogP contribution in [0.15, 0.2) is 0 Å². The number of hydrogen-bond acceptors (Lipinski definition) is 4. The monoisotopic (exact) mass is 201 g/mol. The average molecular weight is 201 g/mol. The Bertz CT molecular complexity index is 171. The Balaban J connectivity index is 4.17. The average Bonchev–Trinajstić information content (AvgIpc) is 2.00. The number of carbonyl (C=O) groups is 1. The third-order valence-corrected chi connectivity index (χ3v) is 1.18. The molecular formula is C6H10F3NO3. The molecule has 4 nitrogen and oxygen atoms in total. The Labute approximate surface area is 73.0 Å². The molecule has 0 spiro atoms. The molecule has 7 heteroatoms. The van der Waals surface area contributed by atoms with Crippen LogP contribution in [-0.2, 0) is 14.4 Å². The molecule has 0 bridgehead atoms. The van der Waals surface area contributed by atoms with Crippen molar-refractivity contribution in [3.63, 3.8) is 0 Å². The molecule has 0 saturated heterocycles. The lowest BCUT2D eigenvalue weighted by molar-refractivity contribution is -0.168. The molecule has 1 atom stereocenters. The standard InChI is InChI=1S/C6H10F3NO3/c1-12-5(11)4(10-13-2)3-6(7,8)9/h4,10H,3H2,1-2H3. The Morgan fingerprint density at radius 3 is 2.31 bits per heavy atom. The lowest BCUT2D eigenvalue weighted by Crippen LogP contribution is -2.40. The van der Waals surface area contributed by atoms with Gasteiger partial charge in [0.15, 0.2) is 0 Å². The fraction of sp³-hybridized carbons (Fsp3) is 0.833. The quantitative estimate of drug-likeness (QED) is 0.535.